The first-order chi connectivity index (χ1) is 10.1. The van der Waals surface area contributed by atoms with Crippen LogP contribution in [0.5, 0.6) is 0 Å². The molecule has 1 unspecified atom stereocenters. The molecule has 0 radical (unpaired) electrons. The fraction of sp³-hybridized carbons (Fsp3) is 0.667. The molecule has 1 aromatic rings. The Labute approximate surface area is 129 Å². The zero-order valence-electron chi connectivity index (χ0n) is 14.1. The molecule has 0 spiro atoms. The zero-order chi connectivity index (χ0) is 15.7. The van der Waals surface area contributed by atoms with Gasteiger partial charge in [-0.25, -0.2) is 4.39 Å². The van der Waals surface area contributed by atoms with Crippen molar-refractivity contribution in [2.45, 2.75) is 53.0 Å². The Bertz CT molecular complexity index is 402. The van der Waals surface area contributed by atoms with Crippen molar-refractivity contribution in [1.82, 2.24) is 10.2 Å². The Balaban J connectivity index is 2.63. The van der Waals surface area contributed by atoms with Gasteiger partial charge in [-0.1, -0.05) is 26.8 Å². The Morgan fingerprint density at radius 2 is 1.90 bits per heavy atom. The molecule has 0 aliphatic heterocycles. The summed E-state index contributed by atoms with van der Waals surface area (Å²) >= 11 is 0. The summed E-state index contributed by atoms with van der Waals surface area (Å²) in [6, 6.07) is 5.61. The number of benzene rings is 1. The highest BCUT2D eigenvalue weighted by atomic mass is 19.1. The molecule has 2 nitrogen and oxygen atoms in total. The van der Waals surface area contributed by atoms with E-state index in [9.17, 15) is 4.39 Å². The van der Waals surface area contributed by atoms with Crippen LogP contribution < -0.4 is 5.32 Å². The predicted molar refractivity (Wildman–Crippen MR) is 89.3 cm³/mol. The molecule has 3 heteroatoms. The van der Waals surface area contributed by atoms with Gasteiger partial charge in [-0.15, -0.1) is 0 Å². The Morgan fingerprint density at radius 1 is 1.19 bits per heavy atom. The first kappa shape index (κ1) is 18.1. The summed E-state index contributed by atoms with van der Waals surface area (Å²) < 4.78 is 13.2. The molecule has 0 bridgehead atoms. The molecule has 0 amide bonds. The molecule has 0 fully saturated rings. The molecule has 1 N–H and O–H groups in total. The monoisotopic (exact) mass is 294 g/mol. The van der Waals surface area contributed by atoms with Crippen LogP contribution in [0.3, 0.4) is 0 Å². The summed E-state index contributed by atoms with van der Waals surface area (Å²) in [7, 11) is 0. The largest absolute Gasteiger partial charge is 0.314 e. The van der Waals surface area contributed by atoms with Crippen molar-refractivity contribution in [3.8, 4) is 0 Å². The molecule has 1 rings (SSSR count). The molecular weight excluding hydrogens is 263 g/mol. The Kier molecular flexibility index (Phi) is 8.55. The lowest BCUT2D eigenvalue weighted by atomic mass is 9.98. The number of hydrogen-bond donors (Lipinski definition) is 1. The highest BCUT2D eigenvalue weighted by Crippen LogP contribution is 2.14. The van der Waals surface area contributed by atoms with E-state index in [0.717, 1.165) is 51.0 Å². The number of hydrogen-bond acceptors (Lipinski definition) is 2. The number of rotatable bonds is 10. The highest BCUT2D eigenvalue weighted by Gasteiger charge is 2.12. The van der Waals surface area contributed by atoms with E-state index in [2.05, 4.69) is 31.0 Å². The van der Waals surface area contributed by atoms with Gasteiger partial charge in [-0.3, -0.25) is 0 Å². The van der Waals surface area contributed by atoms with E-state index in [0.29, 0.717) is 6.04 Å². The van der Waals surface area contributed by atoms with Crippen LogP contribution in [0.2, 0.25) is 0 Å². The molecule has 21 heavy (non-hydrogen) atoms. The predicted octanol–water partition coefficient (Wildman–Crippen LogP) is 3.78. The van der Waals surface area contributed by atoms with E-state index in [4.69, 9.17) is 0 Å². The number of nitrogens with zero attached hydrogens (tertiary/aromatic N) is 1. The van der Waals surface area contributed by atoms with Gasteiger partial charge in [0.2, 0.25) is 0 Å². The third-order valence-electron chi connectivity index (χ3n) is 4.14. The minimum Gasteiger partial charge on any atom is -0.314 e. The second-order valence-corrected chi connectivity index (χ2v) is 5.74. The van der Waals surface area contributed by atoms with Crippen LogP contribution in [0.15, 0.2) is 18.2 Å². The summed E-state index contributed by atoms with van der Waals surface area (Å²) in [5.74, 6) is -0.141. The normalized spacial score (nSPS) is 12.9. The number of aryl methyl sites for hydroxylation is 1. The Morgan fingerprint density at radius 3 is 2.48 bits per heavy atom. The number of halogens is 1. The van der Waals surface area contributed by atoms with Crippen molar-refractivity contribution in [1.29, 1.82) is 0 Å². The lowest BCUT2D eigenvalue weighted by Crippen LogP contribution is -2.36. The molecule has 1 aromatic carbocycles. The van der Waals surface area contributed by atoms with Gasteiger partial charge in [0.15, 0.2) is 0 Å². The molecule has 0 heterocycles. The van der Waals surface area contributed by atoms with Gasteiger partial charge in [0, 0.05) is 6.04 Å². The van der Waals surface area contributed by atoms with Crippen LogP contribution in [-0.4, -0.2) is 37.1 Å². The van der Waals surface area contributed by atoms with Crippen molar-refractivity contribution in [3.63, 3.8) is 0 Å². The Hall–Kier alpha value is -0.930. The summed E-state index contributed by atoms with van der Waals surface area (Å²) in [4.78, 5) is 2.46. The fourth-order valence-electron chi connectivity index (χ4n) is 2.66. The minimum atomic E-state index is -0.141. The summed E-state index contributed by atoms with van der Waals surface area (Å²) in [6.07, 6.45) is 3.26. The maximum Gasteiger partial charge on any atom is 0.123 e. The topological polar surface area (TPSA) is 15.3 Å². The first-order valence-corrected chi connectivity index (χ1v) is 8.31. The highest BCUT2D eigenvalue weighted by molar-refractivity contribution is 5.27. The van der Waals surface area contributed by atoms with Crippen LogP contribution in [0.25, 0.3) is 0 Å². The maximum atomic E-state index is 13.2. The second-order valence-electron chi connectivity index (χ2n) is 5.74. The van der Waals surface area contributed by atoms with Crippen molar-refractivity contribution < 1.29 is 4.39 Å². The average Bonchev–Trinajstić information content (AvgIpc) is 2.47. The molecule has 0 aliphatic rings. The summed E-state index contributed by atoms with van der Waals surface area (Å²) in [6.45, 7) is 13.0. The molecule has 0 aliphatic carbocycles. The lowest BCUT2D eigenvalue weighted by Gasteiger charge is -2.24. The quantitative estimate of drug-likeness (QED) is 0.706. The lowest BCUT2D eigenvalue weighted by molar-refractivity contribution is 0.280. The third kappa shape index (κ3) is 6.58. The van der Waals surface area contributed by atoms with Crippen molar-refractivity contribution >= 4 is 0 Å². The minimum absolute atomic E-state index is 0.141. The van der Waals surface area contributed by atoms with Gasteiger partial charge >= 0.3 is 0 Å². The van der Waals surface area contributed by atoms with Gasteiger partial charge in [0.25, 0.3) is 0 Å². The van der Waals surface area contributed by atoms with E-state index in [1.54, 1.807) is 12.1 Å². The summed E-state index contributed by atoms with van der Waals surface area (Å²) in [5.41, 5.74) is 2.31. The fourth-order valence-corrected chi connectivity index (χ4v) is 2.66. The van der Waals surface area contributed by atoms with Crippen LogP contribution in [0.4, 0.5) is 4.39 Å². The van der Waals surface area contributed by atoms with Crippen LogP contribution in [-0.2, 0) is 6.42 Å². The van der Waals surface area contributed by atoms with Gasteiger partial charge in [0.1, 0.15) is 5.82 Å². The number of nitrogens with one attached hydrogen (secondary N) is 1. The molecule has 0 saturated heterocycles. The smallest absolute Gasteiger partial charge is 0.123 e. The van der Waals surface area contributed by atoms with Crippen LogP contribution >= 0.6 is 0 Å². The molecule has 1 atom stereocenters. The maximum absolute atomic E-state index is 13.2. The molecular formula is C18H31FN2. The van der Waals surface area contributed by atoms with Crippen LogP contribution in [0.1, 0.15) is 44.7 Å². The first-order valence-electron chi connectivity index (χ1n) is 8.31. The van der Waals surface area contributed by atoms with Gasteiger partial charge in [0.05, 0.1) is 0 Å². The van der Waals surface area contributed by atoms with Gasteiger partial charge in [-0.05, 0) is 75.6 Å². The standard InChI is InChI=1S/C18H31FN2/c1-5-11-20-18(10-12-21(6-2)7-3)14-16-8-9-17(19)13-15(16)4/h8-9,13,18,20H,5-7,10-12,14H2,1-4H3. The van der Waals surface area contributed by atoms with E-state index >= 15 is 0 Å². The molecule has 0 aromatic heterocycles. The SMILES string of the molecule is CCCNC(CCN(CC)CC)Cc1ccc(F)cc1C. The molecule has 120 valence electrons. The molecule has 0 saturated carbocycles. The van der Waals surface area contributed by atoms with Gasteiger partial charge < -0.3 is 10.2 Å². The van der Waals surface area contributed by atoms with Crippen molar-refractivity contribution in [2.24, 2.45) is 0 Å². The zero-order valence-corrected chi connectivity index (χ0v) is 14.1. The second kappa shape index (κ2) is 9.91. The van der Waals surface area contributed by atoms with E-state index in [-0.39, 0.29) is 5.82 Å². The van der Waals surface area contributed by atoms with E-state index in [1.165, 1.54) is 5.56 Å². The van der Waals surface area contributed by atoms with Gasteiger partial charge in [-0.2, -0.15) is 0 Å². The van der Waals surface area contributed by atoms with E-state index < -0.39 is 0 Å². The van der Waals surface area contributed by atoms with Crippen molar-refractivity contribution in [2.75, 3.05) is 26.2 Å². The average molecular weight is 294 g/mol. The van der Waals surface area contributed by atoms with Crippen molar-refractivity contribution in [3.05, 3.63) is 35.1 Å². The summed E-state index contributed by atoms with van der Waals surface area (Å²) in [5, 5.41) is 3.64. The third-order valence-corrected chi connectivity index (χ3v) is 4.14. The van der Waals surface area contributed by atoms with Crippen LogP contribution in [0, 0.1) is 12.7 Å². The van der Waals surface area contributed by atoms with E-state index in [1.807, 2.05) is 13.0 Å².